The Morgan fingerprint density at radius 1 is 1.50 bits per heavy atom. The van der Waals surface area contributed by atoms with Crippen molar-refractivity contribution in [1.82, 2.24) is 0 Å². The molecule has 0 saturated carbocycles. The van der Waals surface area contributed by atoms with Gasteiger partial charge in [-0.2, -0.15) is 0 Å². The second-order valence-corrected chi connectivity index (χ2v) is 4.01. The minimum atomic E-state index is -0.421. The number of hydrogen-bond acceptors (Lipinski definition) is 3. The Kier molecular flexibility index (Phi) is 1.90. The van der Waals surface area contributed by atoms with E-state index in [0.29, 0.717) is 0 Å². The Morgan fingerprint density at radius 2 is 2.25 bits per heavy atom. The summed E-state index contributed by atoms with van der Waals surface area (Å²) in [6.07, 6.45) is 2.69. The van der Waals surface area contributed by atoms with E-state index in [9.17, 15) is 5.11 Å². The smallest absolute Gasteiger partial charge is 0.166 e. The summed E-state index contributed by atoms with van der Waals surface area (Å²) < 4.78 is 11.3. The summed E-state index contributed by atoms with van der Waals surface area (Å²) in [5.74, 6) is -0.412. The summed E-state index contributed by atoms with van der Waals surface area (Å²) in [6, 6.07) is 0. The van der Waals surface area contributed by atoms with Crippen molar-refractivity contribution < 1.29 is 14.6 Å². The zero-order valence-corrected chi connectivity index (χ0v) is 7.62. The van der Waals surface area contributed by atoms with Gasteiger partial charge in [0.25, 0.3) is 0 Å². The van der Waals surface area contributed by atoms with Gasteiger partial charge in [0.15, 0.2) is 5.79 Å². The van der Waals surface area contributed by atoms with Gasteiger partial charge in [0, 0.05) is 6.42 Å². The van der Waals surface area contributed by atoms with Crippen molar-refractivity contribution in [1.29, 1.82) is 0 Å². The fourth-order valence-electron chi connectivity index (χ4n) is 2.15. The number of rotatable bonds is 1. The minimum Gasteiger partial charge on any atom is -0.391 e. The molecule has 0 amide bonds. The third-order valence-electron chi connectivity index (χ3n) is 2.75. The fourth-order valence-corrected chi connectivity index (χ4v) is 2.15. The average molecular weight is 172 g/mol. The van der Waals surface area contributed by atoms with Gasteiger partial charge in [0.2, 0.25) is 0 Å². The molecule has 0 radical (unpaired) electrons. The van der Waals surface area contributed by atoms with Crippen molar-refractivity contribution in [3.8, 4) is 0 Å². The molecule has 0 aromatic carbocycles. The molecule has 1 N–H and O–H groups in total. The maximum absolute atomic E-state index is 9.41. The lowest BCUT2D eigenvalue weighted by atomic mass is 10.0. The number of aliphatic hydroxyl groups is 1. The molecule has 0 aromatic rings. The molecule has 4 unspecified atom stereocenters. The molecule has 2 aliphatic rings. The Balaban J connectivity index is 2.12. The molecule has 0 aliphatic carbocycles. The van der Waals surface area contributed by atoms with Crippen molar-refractivity contribution in [3.05, 3.63) is 0 Å². The lowest BCUT2D eigenvalue weighted by Gasteiger charge is -2.26. The zero-order valence-electron chi connectivity index (χ0n) is 7.62. The van der Waals surface area contributed by atoms with Crippen molar-refractivity contribution in [3.63, 3.8) is 0 Å². The Labute approximate surface area is 72.7 Å². The van der Waals surface area contributed by atoms with Crippen LogP contribution < -0.4 is 0 Å². The van der Waals surface area contributed by atoms with Crippen LogP contribution in [0.15, 0.2) is 0 Å². The van der Waals surface area contributed by atoms with Crippen molar-refractivity contribution in [2.24, 2.45) is 0 Å². The van der Waals surface area contributed by atoms with E-state index >= 15 is 0 Å². The highest BCUT2D eigenvalue weighted by Gasteiger charge is 2.48. The van der Waals surface area contributed by atoms with Crippen LogP contribution in [0.5, 0.6) is 0 Å². The van der Waals surface area contributed by atoms with E-state index in [2.05, 4.69) is 0 Å². The van der Waals surface area contributed by atoms with E-state index in [1.54, 1.807) is 6.92 Å². The molecule has 2 saturated heterocycles. The van der Waals surface area contributed by atoms with Crippen molar-refractivity contribution in [2.75, 3.05) is 0 Å². The molecule has 2 bridgehead atoms. The topological polar surface area (TPSA) is 38.7 Å². The number of fused-ring (bicyclic) bond motifs is 2. The van der Waals surface area contributed by atoms with E-state index in [0.717, 1.165) is 19.3 Å². The van der Waals surface area contributed by atoms with Crippen LogP contribution in [0.1, 0.15) is 33.1 Å². The van der Waals surface area contributed by atoms with Crippen LogP contribution in [0.4, 0.5) is 0 Å². The van der Waals surface area contributed by atoms with Crippen LogP contribution in [-0.2, 0) is 9.47 Å². The summed E-state index contributed by atoms with van der Waals surface area (Å²) in [7, 11) is 0. The largest absolute Gasteiger partial charge is 0.391 e. The van der Waals surface area contributed by atoms with Gasteiger partial charge in [0.1, 0.15) is 6.10 Å². The third-order valence-corrected chi connectivity index (χ3v) is 2.75. The Morgan fingerprint density at radius 3 is 2.83 bits per heavy atom. The van der Waals surface area contributed by atoms with Gasteiger partial charge >= 0.3 is 0 Å². The molecule has 3 heteroatoms. The zero-order chi connectivity index (χ0) is 8.77. The maximum atomic E-state index is 9.41. The number of aliphatic hydroxyl groups excluding tert-OH is 1. The second kappa shape index (κ2) is 2.69. The third kappa shape index (κ3) is 1.26. The van der Waals surface area contributed by atoms with E-state index in [-0.39, 0.29) is 12.2 Å². The van der Waals surface area contributed by atoms with Gasteiger partial charge in [-0.25, -0.2) is 0 Å². The number of hydrogen-bond donors (Lipinski definition) is 1. The molecule has 4 atom stereocenters. The molecule has 70 valence electrons. The second-order valence-electron chi connectivity index (χ2n) is 4.01. The van der Waals surface area contributed by atoms with E-state index in [1.807, 2.05) is 6.92 Å². The molecule has 2 aliphatic heterocycles. The molecule has 12 heavy (non-hydrogen) atoms. The van der Waals surface area contributed by atoms with Gasteiger partial charge in [0.05, 0.1) is 12.2 Å². The van der Waals surface area contributed by atoms with Crippen LogP contribution in [0.2, 0.25) is 0 Å². The molecule has 2 heterocycles. The van der Waals surface area contributed by atoms with Crippen molar-refractivity contribution in [2.45, 2.75) is 57.2 Å². The molecule has 2 fully saturated rings. The molecule has 0 spiro atoms. The molecule has 3 nitrogen and oxygen atoms in total. The first-order chi connectivity index (χ1) is 5.61. The van der Waals surface area contributed by atoms with E-state index in [4.69, 9.17) is 9.47 Å². The normalized spacial score (nSPS) is 49.2. The first kappa shape index (κ1) is 8.48. The predicted octanol–water partition coefficient (Wildman–Crippen LogP) is 1.05. The summed E-state index contributed by atoms with van der Waals surface area (Å²) in [5, 5.41) is 9.41. The fraction of sp³-hybridized carbons (Fsp3) is 1.00. The summed E-state index contributed by atoms with van der Waals surface area (Å²) in [6.45, 7) is 3.72. The standard InChI is InChI=1S/C9H16O3/c1-6(10)8-7-4-3-5-9(2,11-7)12-8/h6-8,10H,3-5H2,1-2H3. The number of ether oxygens (including phenoxy) is 2. The molecular formula is C9H16O3. The van der Waals surface area contributed by atoms with Crippen LogP contribution in [0.25, 0.3) is 0 Å². The quantitative estimate of drug-likeness (QED) is 0.642. The highest BCUT2D eigenvalue weighted by atomic mass is 16.8. The van der Waals surface area contributed by atoms with E-state index < -0.39 is 11.9 Å². The first-order valence-corrected chi connectivity index (χ1v) is 4.64. The average Bonchev–Trinajstić information content (AvgIpc) is 2.22. The minimum absolute atomic E-state index is 0.113. The van der Waals surface area contributed by atoms with Gasteiger partial charge < -0.3 is 14.6 Å². The van der Waals surface area contributed by atoms with Gasteiger partial charge in [-0.15, -0.1) is 0 Å². The van der Waals surface area contributed by atoms with Crippen LogP contribution in [0.3, 0.4) is 0 Å². The highest BCUT2D eigenvalue weighted by Crippen LogP contribution is 2.40. The lowest BCUT2D eigenvalue weighted by Crippen LogP contribution is -2.32. The van der Waals surface area contributed by atoms with Gasteiger partial charge in [-0.3, -0.25) is 0 Å². The monoisotopic (exact) mass is 172 g/mol. The highest BCUT2D eigenvalue weighted by molar-refractivity contribution is 4.90. The SMILES string of the molecule is CC(O)C1OC2(C)CCCC1O2. The van der Waals surface area contributed by atoms with Crippen LogP contribution in [0, 0.1) is 0 Å². The first-order valence-electron chi connectivity index (χ1n) is 4.64. The van der Waals surface area contributed by atoms with Crippen molar-refractivity contribution >= 4 is 0 Å². The summed E-state index contributed by atoms with van der Waals surface area (Å²) in [4.78, 5) is 0. The molecular weight excluding hydrogens is 156 g/mol. The lowest BCUT2D eigenvalue weighted by molar-refractivity contribution is -0.183. The van der Waals surface area contributed by atoms with E-state index in [1.165, 1.54) is 0 Å². The van der Waals surface area contributed by atoms with Gasteiger partial charge in [-0.05, 0) is 26.7 Å². The molecule has 0 aromatic heterocycles. The Bertz CT molecular complexity index is 181. The Hall–Kier alpha value is -0.120. The van der Waals surface area contributed by atoms with Gasteiger partial charge in [-0.1, -0.05) is 0 Å². The maximum Gasteiger partial charge on any atom is 0.166 e. The summed E-state index contributed by atoms with van der Waals surface area (Å²) >= 11 is 0. The summed E-state index contributed by atoms with van der Waals surface area (Å²) in [5.41, 5.74) is 0. The van der Waals surface area contributed by atoms with Crippen LogP contribution >= 0.6 is 0 Å². The molecule has 2 rings (SSSR count). The van der Waals surface area contributed by atoms with Crippen LogP contribution in [-0.4, -0.2) is 29.2 Å². The predicted molar refractivity (Wildman–Crippen MR) is 43.7 cm³/mol.